The predicted octanol–water partition coefficient (Wildman–Crippen LogP) is 3.77. The maximum absolute atomic E-state index is 5.45. The van der Waals surface area contributed by atoms with Gasteiger partial charge in [0.1, 0.15) is 0 Å². The van der Waals surface area contributed by atoms with Crippen LogP contribution in [0.3, 0.4) is 0 Å². The summed E-state index contributed by atoms with van der Waals surface area (Å²) in [4.78, 5) is 0. The zero-order valence-corrected chi connectivity index (χ0v) is 7.95. The van der Waals surface area contributed by atoms with Crippen LogP contribution in [0.2, 0.25) is 0 Å². The van der Waals surface area contributed by atoms with Crippen molar-refractivity contribution in [2.75, 3.05) is 0 Å². The van der Waals surface area contributed by atoms with Crippen LogP contribution < -0.4 is 4.74 Å². The van der Waals surface area contributed by atoms with Crippen LogP contribution in [-0.4, -0.2) is 0 Å². The van der Waals surface area contributed by atoms with Crippen molar-refractivity contribution in [2.24, 2.45) is 0 Å². The topological polar surface area (TPSA) is 12.5 Å². The third-order valence-electron chi connectivity index (χ3n) is 2.56. The second-order valence-electron chi connectivity index (χ2n) is 3.56. The lowest BCUT2D eigenvalue weighted by Crippen LogP contribution is -1.72. The Bertz CT molecular complexity index is 486. The molecule has 3 rings (SSSR count). The molecule has 0 fully saturated rings. The molecular weight excluding hydrogens is 172 g/mol. The van der Waals surface area contributed by atoms with E-state index in [1.165, 1.54) is 16.7 Å². The second kappa shape index (κ2) is 2.61. The lowest BCUT2D eigenvalue weighted by Gasteiger charge is -1.97. The van der Waals surface area contributed by atoms with Gasteiger partial charge in [-0.25, -0.2) is 0 Å². The average molecular weight is 182 g/mol. The molecule has 68 valence electrons. The minimum Gasteiger partial charge on any atom is -0.449 e. The van der Waals surface area contributed by atoms with Crippen LogP contribution in [-0.2, 0) is 0 Å². The smallest absolute Gasteiger partial charge is 0.178 e. The molecule has 1 aliphatic rings. The normalized spacial score (nSPS) is 11.8. The Balaban J connectivity index is 2.16. The zero-order valence-electron chi connectivity index (χ0n) is 7.95. The van der Waals surface area contributed by atoms with E-state index in [4.69, 9.17) is 4.74 Å². The summed E-state index contributed by atoms with van der Waals surface area (Å²) in [7, 11) is 0. The van der Waals surface area contributed by atoms with Crippen molar-refractivity contribution < 1.29 is 4.74 Å². The van der Waals surface area contributed by atoms with Crippen LogP contribution in [0.15, 0.2) is 42.5 Å². The fourth-order valence-electron chi connectivity index (χ4n) is 1.72. The van der Waals surface area contributed by atoms with Crippen LogP contribution in [0.1, 0.15) is 5.56 Å². The van der Waals surface area contributed by atoms with Crippen molar-refractivity contribution in [3.63, 3.8) is 0 Å². The van der Waals surface area contributed by atoms with Gasteiger partial charge in [-0.3, -0.25) is 0 Å². The molecular formula is C13H10O. The molecule has 14 heavy (non-hydrogen) atoms. The maximum atomic E-state index is 5.45. The fourth-order valence-corrected chi connectivity index (χ4v) is 1.72. The van der Waals surface area contributed by atoms with E-state index in [-0.39, 0.29) is 0 Å². The van der Waals surface area contributed by atoms with Gasteiger partial charge in [0.2, 0.25) is 0 Å². The molecule has 1 heteroatoms. The van der Waals surface area contributed by atoms with Gasteiger partial charge < -0.3 is 4.74 Å². The van der Waals surface area contributed by atoms with E-state index < -0.39 is 0 Å². The Morgan fingerprint density at radius 1 is 0.857 bits per heavy atom. The first-order valence-electron chi connectivity index (χ1n) is 4.73. The van der Waals surface area contributed by atoms with Crippen molar-refractivity contribution >= 4 is 0 Å². The number of ether oxygens (including phenoxy) is 1. The minimum absolute atomic E-state index is 1.05. The highest BCUT2D eigenvalue weighted by Gasteiger charge is 2.27. The fraction of sp³-hybridized carbons (Fsp3) is 0.0769. The van der Waals surface area contributed by atoms with Gasteiger partial charge in [0.25, 0.3) is 0 Å². The van der Waals surface area contributed by atoms with E-state index in [1.807, 2.05) is 18.2 Å². The summed E-state index contributed by atoms with van der Waals surface area (Å²) in [5, 5.41) is 0. The Labute approximate surface area is 83.0 Å². The Morgan fingerprint density at radius 2 is 1.64 bits per heavy atom. The van der Waals surface area contributed by atoms with E-state index in [9.17, 15) is 0 Å². The van der Waals surface area contributed by atoms with Gasteiger partial charge in [-0.05, 0) is 18.1 Å². The number of hydrogen-bond donors (Lipinski definition) is 0. The summed E-state index contributed by atoms with van der Waals surface area (Å²) in [6, 6.07) is 14.6. The summed E-state index contributed by atoms with van der Waals surface area (Å²) in [6.45, 7) is 2.07. The highest BCUT2D eigenvalue weighted by Crippen LogP contribution is 2.54. The number of fused-ring (bicyclic) bond motifs is 1. The molecule has 0 bridgehead atoms. The summed E-state index contributed by atoms with van der Waals surface area (Å²) in [5.41, 5.74) is 3.65. The summed E-state index contributed by atoms with van der Waals surface area (Å²) < 4.78 is 5.45. The van der Waals surface area contributed by atoms with Crippen LogP contribution in [0.25, 0.3) is 11.1 Å². The molecule has 0 atom stereocenters. The lowest BCUT2D eigenvalue weighted by molar-refractivity contribution is 0.647. The molecule has 0 N–H and O–H groups in total. The molecule has 2 aromatic carbocycles. The van der Waals surface area contributed by atoms with Crippen LogP contribution in [0, 0.1) is 6.92 Å². The second-order valence-corrected chi connectivity index (χ2v) is 3.56. The van der Waals surface area contributed by atoms with Crippen LogP contribution in [0.5, 0.6) is 11.5 Å². The summed E-state index contributed by atoms with van der Waals surface area (Å²) in [6.07, 6.45) is 0. The zero-order chi connectivity index (χ0) is 9.54. The van der Waals surface area contributed by atoms with Gasteiger partial charge in [-0.2, -0.15) is 0 Å². The average Bonchev–Trinajstić information content (AvgIpc) is 3.00. The third kappa shape index (κ3) is 1.02. The van der Waals surface area contributed by atoms with E-state index in [1.54, 1.807) is 0 Å². The first kappa shape index (κ1) is 7.63. The Kier molecular flexibility index (Phi) is 1.42. The van der Waals surface area contributed by atoms with Crippen molar-refractivity contribution in [3.8, 4) is 22.6 Å². The molecule has 1 heterocycles. The molecule has 0 radical (unpaired) electrons. The van der Waals surface area contributed by atoms with E-state index >= 15 is 0 Å². The molecule has 1 nitrogen and oxygen atoms in total. The van der Waals surface area contributed by atoms with Crippen molar-refractivity contribution in [3.05, 3.63) is 48.0 Å². The van der Waals surface area contributed by atoms with Gasteiger partial charge in [0.15, 0.2) is 11.5 Å². The molecule has 2 aromatic rings. The SMILES string of the molecule is Cc1ccc(-c2ccccc2)c2c1O2. The standard InChI is InChI=1S/C13H10O/c1-9-7-8-11(13-12(9)14-13)10-5-3-2-4-6-10/h2-8H,1H3. The largest absolute Gasteiger partial charge is 0.449 e. The first-order valence-corrected chi connectivity index (χ1v) is 4.73. The first-order chi connectivity index (χ1) is 6.86. The molecule has 0 amide bonds. The molecule has 0 aromatic heterocycles. The van der Waals surface area contributed by atoms with E-state index in [2.05, 4.69) is 31.2 Å². The van der Waals surface area contributed by atoms with Crippen molar-refractivity contribution in [1.82, 2.24) is 0 Å². The Morgan fingerprint density at radius 3 is 2.43 bits per heavy atom. The number of rotatable bonds is 1. The van der Waals surface area contributed by atoms with Crippen LogP contribution in [0.4, 0.5) is 0 Å². The van der Waals surface area contributed by atoms with E-state index in [0.29, 0.717) is 0 Å². The molecule has 0 aliphatic carbocycles. The van der Waals surface area contributed by atoms with Crippen LogP contribution >= 0.6 is 0 Å². The van der Waals surface area contributed by atoms with Gasteiger partial charge in [0.05, 0.1) is 0 Å². The highest BCUT2D eigenvalue weighted by atomic mass is 16.6. The van der Waals surface area contributed by atoms with Gasteiger partial charge in [0, 0.05) is 5.56 Å². The summed E-state index contributed by atoms with van der Waals surface area (Å²) in [5.74, 6) is 2.11. The third-order valence-corrected chi connectivity index (χ3v) is 2.56. The predicted molar refractivity (Wildman–Crippen MR) is 56.7 cm³/mol. The number of aryl methyl sites for hydroxylation is 1. The molecule has 0 saturated carbocycles. The van der Waals surface area contributed by atoms with E-state index in [0.717, 1.165) is 11.5 Å². The van der Waals surface area contributed by atoms with Gasteiger partial charge in [-0.1, -0.05) is 42.5 Å². The van der Waals surface area contributed by atoms with Crippen molar-refractivity contribution in [1.29, 1.82) is 0 Å². The molecule has 0 saturated heterocycles. The monoisotopic (exact) mass is 182 g/mol. The minimum atomic E-state index is 1.05. The molecule has 0 unspecified atom stereocenters. The lowest BCUT2D eigenvalue weighted by atomic mass is 10.0. The van der Waals surface area contributed by atoms with Gasteiger partial charge >= 0.3 is 0 Å². The quantitative estimate of drug-likeness (QED) is 0.522. The van der Waals surface area contributed by atoms with Gasteiger partial charge in [-0.15, -0.1) is 0 Å². The number of hydrogen-bond acceptors (Lipinski definition) is 1. The Hall–Kier alpha value is -1.76. The highest BCUT2D eigenvalue weighted by molar-refractivity contribution is 5.81. The summed E-state index contributed by atoms with van der Waals surface area (Å²) >= 11 is 0. The molecule has 0 spiro atoms. The maximum Gasteiger partial charge on any atom is 0.178 e. The number of benzene rings is 2. The van der Waals surface area contributed by atoms with Crippen molar-refractivity contribution in [2.45, 2.75) is 6.92 Å². The molecule has 1 aliphatic heterocycles.